The average molecular weight is 446 g/mol. The molecule has 2 N–H and O–H groups in total. The Bertz CT molecular complexity index is 1370. The van der Waals surface area contributed by atoms with Crippen molar-refractivity contribution in [3.05, 3.63) is 95.3 Å². The topological polar surface area (TPSA) is 102 Å². The van der Waals surface area contributed by atoms with Gasteiger partial charge in [-0.05, 0) is 29.8 Å². The third kappa shape index (κ3) is 5.21. The van der Waals surface area contributed by atoms with E-state index in [9.17, 15) is 18.8 Å². The molecule has 8 nitrogen and oxygen atoms in total. The van der Waals surface area contributed by atoms with E-state index in [0.29, 0.717) is 11.3 Å². The van der Waals surface area contributed by atoms with Crippen molar-refractivity contribution in [1.82, 2.24) is 20.4 Å². The van der Waals surface area contributed by atoms with Gasteiger partial charge in [-0.1, -0.05) is 48.5 Å². The van der Waals surface area contributed by atoms with E-state index < -0.39 is 29.7 Å². The van der Waals surface area contributed by atoms with E-state index >= 15 is 0 Å². The molecule has 0 saturated carbocycles. The monoisotopic (exact) mass is 446 g/mol. The Morgan fingerprint density at radius 3 is 2.48 bits per heavy atom. The van der Waals surface area contributed by atoms with Crippen molar-refractivity contribution in [3.63, 3.8) is 0 Å². The molecule has 0 unspecified atom stereocenters. The van der Waals surface area contributed by atoms with E-state index in [1.807, 2.05) is 42.5 Å². The number of carbonyl (C=O) groups is 2. The molecule has 2 amide bonds. The van der Waals surface area contributed by atoms with Gasteiger partial charge in [-0.3, -0.25) is 29.8 Å². The first-order valence-corrected chi connectivity index (χ1v) is 10.0. The summed E-state index contributed by atoms with van der Waals surface area (Å²) in [5.41, 5.74) is 5.98. The summed E-state index contributed by atoms with van der Waals surface area (Å²) in [6, 6.07) is 20.5. The molecule has 4 rings (SSSR count). The van der Waals surface area contributed by atoms with Crippen LogP contribution in [0.25, 0.3) is 22.0 Å². The molecule has 0 aliphatic carbocycles. The first-order chi connectivity index (χ1) is 16.0. The molecule has 0 spiro atoms. The maximum Gasteiger partial charge on any atom is 0.276 e. The lowest BCUT2D eigenvalue weighted by atomic mass is 10.1. The Morgan fingerprint density at radius 1 is 0.939 bits per heavy atom. The van der Waals surface area contributed by atoms with Crippen LogP contribution in [-0.4, -0.2) is 28.0 Å². The largest absolute Gasteiger partial charge is 0.483 e. The number of aromatic nitrogens is 2. The van der Waals surface area contributed by atoms with Gasteiger partial charge in [-0.25, -0.2) is 9.37 Å². The summed E-state index contributed by atoms with van der Waals surface area (Å²) in [7, 11) is 0. The van der Waals surface area contributed by atoms with Crippen molar-refractivity contribution in [3.8, 4) is 16.9 Å². The molecule has 1 heterocycles. The number of rotatable bonds is 6. The highest BCUT2D eigenvalue weighted by Gasteiger charge is 2.11. The summed E-state index contributed by atoms with van der Waals surface area (Å²) in [6.45, 7) is -0.739. The summed E-state index contributed by atoms with van der Waals surface area (Å²) in [5.74, 6) is -1.30. The zero-order valence-corrected chi connectivity index (χ0v) is 17.3. The highest BCUT2D eigenvalue weighted by molar-refractivity contribution is 5.83. The number of benzene rings is 3. The van der Waals surface area contributed by atoms with Crippen LogP contribution < -0.4 is 21.1 Å². The number of nitrogens with one attached hydrogen (secondary N) is 2. The second-order valence-electron chi connectivity index (χ2n) is 7.09. The van der Waals surface area contributed by atoms with Crippen molar-refractivity contribution >= 4 is 22.7 Å². The lowest BCUT2D eigenvalue weighted by Gasteiger charge is -2.12. The fourth-order valence-corrected chi connectivity index (χ4v) is 3.21. The van der Waals surface area contributed by atoms with E-state index in [4.69, 9.17) is 4.74 Å². The maximum absolute atomic E-state index is 13.4. The zero-order chi connectivity index (χ0) is 23.2. The molecular formula is C24H19FN4O4. The van der Waals surface area contributed by atoms with E-state index in [2.05, 4.69) is 15.8 Å². The first kappa shape index (κ1) is 21.7. The van der Waals surface area contributed by atoms with Crippen LogP contribution in [0.3, 0.4) is 0 Å². The second-order valence-corrected chi connectivity index (χ2v) is 7.09. The van der Waals surface area contributed by atoms with Gasteiger partial charge < -0.3 is 4.74 Å². The number of carbonyl (C=O) groups excluding carboxylic acids is 2. The van der Waals surface area contributed by atoms with Crippen LogP contribution in [0.2, 0.25) is 0 Å². The van der Waals surface area contributed by atoms with Crippen LogP contribution in [0.1, 0.15) is 0 Å². The smallest absolute Gasteiger partial charge is 0.276 e. The Balaban J connectivity index is 1.33. The van der Waals surface area contributed by atoms with Gasteiger partial charge in [0, 0.05) is 5.56 Å². The molecule has 1 aromatic heterocycles. The maximum atomic E-state index is 13.4. The highest BCUT2D eigenvalue weighted by Crippen LogP contribution is 2.29. The summed E-state index contributed by atoms with van der Waals surface area (Å²) in [4.78, 5) is 40.8. The molecule has 33 heavy (non-hydrogen) atoms. The van der Waals surface area contributed by atoms with Gasteiger partial charge in [0.15, 0.2) is 6.61 Å². The second kappa shape index (κ2) is 9.73. The lowest BCUT2D eigenvalue weighted by Crippen LogP contribution is -2.46. The van der Waals surface area contributed by atoms with Gasteiger partial charge >= 0.3 is 0 Å². The van der Waals surface area contributed by atoms with Crippen molar-refractivity contribution in [2.24, 2.45) is 0 Å². The van der Waals surface area contributed by atoms with Crippen LogP contribution in [-0.2, 0) is 16.1 Å². The molecule has 4 aromatic rings. The molecule has 0 radical (unpaired) electrons. The molecule has 9 heteroatoms. The number of nitrogens with zero attached hydrogens (tertiary/aromatic N) is 2. The zero-order valence-electron chi connectivity index (χ0n) is 17.3. The van der Waals surface area contributed by atoms with Crippen LogP contribution in [0, 0.1) is 5.82 Å². The third-order valence-corrected chi connectivity index (χ3v) is 4.77. The van der Waals surface area contributed by atoms with Gasteiger partial charge in [-0.2, -0.15) is 0 Å². The van der Waals surface area contributed by atoms with Crippen LogP contribution in [0.5, 0.6) is 5.75 Å². The number of amides is 2. The highest BCUT2D eigenvalue weighted by atomic mass is 19.1. The number of halogens is 1. The minimum atomic E-state index is -0.660. The minimum absolute atomic E-state index is 0.0554. The van der Waals surface area contributed by atoms with E-state index in [0.717, 1.165) is 21.8 Å². The third-order valence-electron chi connectivity index (χ3n) is 4.77. The van der Waals surface area contributed by atoms with Gasteiger partial charge in [0.2, 0.25) is 0 Å². The Kier molecular flexibility index (Phi) is 6.40. The fourth-order valence-electron chi connectivity index (χ4n) is 3.21. The summed E-state index contributed by atoms with van der Waals surface area (Å²) in [5, 5.41) is 0.0554. The molecule has 0 saturated heterocycles. The molecular weight excluding hydrogens is 427 g/mol. The normalized spacial score (nSPS) is 10.6. The average Bonchev–Trinajstić information content (AvgIpc) is 2.84. The fraction of sp³-hybridized carbons (Fsp3) is 0.0833. The Labute approximate surface area is 187 Å². The molecule has 0 aliphatic heterocycles. The summed E-state index contributed by atoms with van der Waals surface area (Å²) >= 11 is 0. The molecule has 0 aliphatic rings. The van der Waals surface area contributed by atoms with Crippen molar-refractivity contribution in [1.29, 1.82) is 0 Å². The van der Waals surface area contributed by atoms with Gasteiger partial charge in [0.25, 0.3) is 17.4 Å². The quantitative estimate of drug-likeness (QED) is 0.443. The Hall–Kier alpha value is -4.53. The van der Waals surface area contributed by atoms with E-state index in [1.54, 1.807) is 12.1 Å². The minimum Gasteiger partial charge on any atom is -0.483 e. The molecule has 0 fully saturated rings. The number of ether oxygens (including phenoxy) is 1. The van der Waals surface area contributed by atoms with Crippen molar-refractivity contribution in [2.75, 3.05) is 6.61 Å². The number of hydrazine groups is 1. The predicted molar refractivity (Wildman–Crippen MR) is 120 cm³/mol. The standard InChI is InChI=1S/C24H19FN4O4/c25-17-10-11-20-19(12-17)24(32)29(15-26-20)13-22(30)27-28-23(31)14-33-21-9-5-4-8-18(21)16-6-2-1-3-7-16/h1-12,15H,13-14H2,(H,27,30)(H,28,31). The predicted octanol–water partition coefficient (Wildman–Crippen LogP) is 2.43. The molecule has 3 aromatic carbocycles. The van der Waals surface area contributed by atoms with Crippen molar-refractivity contribution < 1.29 is 18.7 Å². The number of para-hydroxylation sites is 1. The Morgan fingerprint density at radius 2 is 1.67 bits per heavy atom. The van der Waals surface area contributed by atoms with Gasteiger partial charge in [0.05, 0.1) is 17.2 Å². The van der Waals surface area contributed by atoms with Gasteiger partial charge in [-0.15, -0.1) is 0 Å². The van der Waals surface area contributed by atoms with Crippen LogP contribution in [0.15, 0.2) is 83.9 Å². The molecule has 0 bridgehead atoms. The van der Waals surface area contributed by atoms with E-state index in [-0.39, 0.29) is 12.0 Å². The number of fused-ring (bicyclic) bond motifs is 1. The summed E-state index contributed by atoms with van der Waals surface area (Å²) in [6.07, 6.45) is 1.19. The van der Waals surface area contributed by atoms with Crippen molar-refractivity contribution in [2.45, 2.75) is 6.54 Å². The van der Waals surface area contributed by atoms with Crippen LogP contribution in [0.4, 0.5) is 4.39 Å². The van der Waals surface area contributed by atoms with Crippen LogP contribution >= 0.6 is 0 Å². The number of hydrogen-bond donors (Lipinski definition) is 2. The SMILES string of the molecule is O=C(COc1ccccc1-c1ccccc1)NNC(=O)Cn1cnc2ccc(F)cc2c1=O. The molecule has 166 valence electrons. The first-order valence-electron chi connectivity index (χ1n) is 10.0. The lowest BCUT2D eigenvalue weighted by molar-refractivity contribution is -0.130. The molecule has 0 atom stereocenters. The summed E-state index contributed by atoms with van der Waals surface area (Å²) < 4.78 is 20.1. The van der Waals surface area contributed by atoms with Gasteiger partial charge in [0.1, 0.15) is 18.1 Å². The van der Waals surface area contributed by atoms with E-state index in [1.165, 1.54) is 18.5 Å². The number of hydrogen-bond acceptors (Lipinski definition) is 5.